The number of hydrogen-bond acceptors (Lipinski definition) is 2. The van der Waals surface area contributed by atoms with Gasteiger partial charge in [-0.15, -0.1) is 6.58 Å². The van der Waals surface area contributed by atoms with Gasteiger partial charge in [0.15, 0.2) is 0 Å². The molecule has 17 heavy (non-hydrogen) atoms. The van der Waals surface area contributed by atoms with E-state index in [1.54, 1.807) is 11.0 Å². The summed E-state index contributed by atoms with van der Waals surface area (Å²) in [6.45, 7) is 8.40. The van der Waals surface area contributed by atoms with Crippen molar-refractivity contribution in [1.29, 1.82) is 0 Å². The van der Waals surface area contributed by atoms with Gasteiger partial charge in [0, 0.05) is 19.1 Å². The smallest absolute Gasteiger partial charge is 0.326 e. The van der Waals surface area contributed by atoms with Crippen LogP contribution < -0.4 is 0 Å². The Hall–Kier alpha value is -1.52. The van der Waals surface area contributed by atoms with Crippen molar-refractivity contribution >= 4 is 12.0 Å². The fraction of sp³-hybridized carbons (Fsp3) is 0.667. The van der Waals surface area contributed by atoms with Crippen LogP contribution in [0.5, 0.6) is 0 Å². The molecule has 0 saturated carbocycles. The molecule has 1 aliphatic rings. The first kappa shape index (κ1) is 13.5. The zero-order valence-corrected chi connectivity index (χ0v) is 10.4. The van der Waals surface area contributed by atoms with Crippen molar-refractivity contribution in [3.05, 3.63) is 12.7 Å². The van der Waals surface area contributed by atoms with Gasteiger partial charge in [-0.2, -0.15) is 0 Å². The number of carbonyl (C=O) groups is 2. The average molecular weight is 240 g/mol. The van der Waals surface area contributed by atoms with Crippen LogP contribution in [0, 0.1) is 0 Å². The number of amides is 2. The van der Waals surface area contributed by atoms with Gasteiger partial charge in [-0.05, 0) is 26.7 Å². The predicted molar refractivity (Wildman–Crippen MR) is 64.8 cm³/mol. The van der Waals surface area contributed by atoms with Crippen LogP contribution in [-0.4, -0.2) is 52.1 Å². The number of rotatable bonds is 4. The normalized spacial score (nSPS) is 19.5. The number of nitrogens with zero attached hydrogens (tertiary/aromatic N) is 2. The third-order valence-electron chi connectivity index (χ3n) is 2.98. The van der Waals surface area contributed by atoms with Crippen LogP contribution in [0.25, 0.3) is 0 Å². The summed E-state index contributed by atoms with van der Waals surface area (Å²) in [6.07, 6.45) is 2.95. The molecule has 0 radical (unpaired) electrons. The molecule has 5 nitrogen and oxygen atoms in total. The van der Waals surface area contributed by atoms with Crippen LogP contribution in [0.3, 0.4) is 0 Å². The van der Waals surface area contributed by atoms with Crippen LogP contribution in [0.1, 0.15) is 26.7 Å². The highest BCUT2D eigenvalue weighted by atomic mass is 16.4. The maximum atomic E-state index is 12.2. The lowest BCUT2D eigenvalue weighted by molar-refractivity contribution is -0.141. The maximum absolute atomic E-state index is 12.2. The van der Waals surface area contributed by atoms with Gasteiger partial charge in [0.25, 0.3) is 0 Å². The molecule has 1 saturated heterocycles. The second-order valence-electron chi connectivity index (χ2n) is 4.51. The minimum absolute atomic E-state index is 0.0375. The van der Waals surface area contributed by atoms with Crippen LogP contribution in [0.4, 0.5) is 4.79 Å². The van der Waals surface area contributed by atoms with Crippen LogP contribution in [-0.2, 0) is 4.79 Å². The molecule has 0 aromatic heterocycles. The number of likely N-dealkylation sites (tertiary alicyclic amines) is 1. The Labute approximate surface area is 102 Å². The Bertz CT molecular complexity index is 315. The standard InChI is InChI=1S/C12H20N2O3/c1-4-7-13(9(2)3)12(17)14-8-5-6-10(14)11(15)16/h4,9-10H,1,5-8H2,2-3H3,(H,15,16)/t10-/m0/s1. The lowest BCUT2D eigenvalue weighted by Gasteiger charge is -2.32. The molecule has 0 bridgehead atoms. The molecule has 5 heteroatoms. The van der Waals surface area contributed by atoms with E-state index in [-0.39, 0.29) is 12.1 Å². The van der Waals surface area contributed by atoms with E-state index >= 15 is 0 Å². The molecule has 1 N–H and O–H groups in total. The van der Waals surface area contributed by atoms with Gasteiger partial charge < -0.3 is 14.9 Å². The lowest BCUT2D eigenvalue weighted by Crippen LogP contribution is -2.50. The van der Waals surface area contributed by atoms with Crippen molar-refractivity contribution < 1.29 is 14.7 Å². The fourth-order valence-electron chi connectivity index (χ4n) is 2.07. The Morgan fingerprint density at radius 1 is 1.59 bits per heavy atom. The monoisotopic (exact) mass is 240 g/mol. The van der Waals surface area contributed by atoms with E-state index in [1.807, 2.05) is 13.8 Å². The molecule has 0 aliphatic carbocycles. The second kappa shape index (κ2) is 5.70. The topological polar surface area (TPSA) is 60.9 Å². The molecule has 0 unspecified atom stereocenters. The lowest BCUT2D eigenvalue weighted by atomic mass is 10.2. The highest BCUT2D eigenvalue weighted by molar-refractivity contribution is 5.83. The molecule has 2 amide bonds. The summed E-state index contributed by atoms with van der Waals surface area (Å²) in [5.74, 6) is -0.918. The van der Waals surface area contributed by atoms with Gasteiger partial charge >= 0.3 is 12.0 Å². The van der Waals surface area contributed by atoms with E-state index in [0.717, 1.165) is 6.42 Å². The number of carboxylic acids is 1. The summed E-state index contributed by atoms with van der Waals surface area (Å²) >= 11 is 0. The summed E-state index contributed by atoms with van der Waals surface area (Å²) in [4.78, 5) is 26.4. The number of urea groups is 1. The zero-order valence-electron chi connectivity index (χ0n) is 10.4. The summed E-state index contributed by atoms with van der Waals surface area (Å²) in [5, 5.41) is 9.05. The third kappa shape index (κ3) is 2.99. The summed E-state index contributed by atoms with van der Waals surface area (Å²) < 4.78 is 0. The van der Waals surface area contributed by atoms with E-state index in [4.69, 9.17) is 5.11 Å². The molecule has 1 rings (SSSR count). The van der Waals surface area contributed by atoms with Gasteiger partial charge in [-0.1, -0.05) is 6.08 Å². The Kier molecular flexibility index (Phi) is 4.54. The Balaban J connectivity index is 2.79. The molecule has 1 aliphatic heterocycles. The Morgan fingerprint density at radius 2 is 2.24 bits per heavy atom. The van der Waals surface area contributed by atoms with Crippen LogP contribution in [0.2, 0.25) is 0 Å². The fourth-order valence-corrected chi connectivity index (χ4v) is 2.07. The molecule has 1 heterocycles. The van der Waals surface area contributed by atoms with Gasteiger partial charge in [-0.25, -0.2) is 9.59 Å². The quantitative estimate of drug-likeness (QED) is 0.758. The molecule has 1 fully saturated rings. The number of hydrogen-bond donors (Lipinski definition) is 1. The largest absolute Gasteiger partial charge is 0.480 e. The summed E-state index contributed by atoms with van der Waals surface area (Å²) in [7, 11) is 0. The van der Waals surface area contributed by atoms with Crippen LogP contribution in [0.15, 0.2) is 12.7 Å². The van der Waals surface area contributed by atoms with Crippen molar-refractivity contribution in [3.8, 4) is 0 Å². The van der Waals surface area contributed by atoms with E-state index in [9.17, 15) is 9.59 Å². The van der Waals surface area contributed by atoms with E-state index in [0.29, 0.717) is 19.5 Å². The molecule has 96 valence electrons. The molecule has 0 aromatic carbocycles. The molecule has 0 spiro atoms. The summed E-state index contributed by atoms with van der Waals surface area (Å²) in [5.41, 5.74) is 0. The van der Waals surface area contributed by atoms with Crippen molar-refractivity contribution in [2.75, 3.05) is 13.1 Å². The SMILES string of the molecule is C=CCN(C(=O)N1CCC[C@H]1C(=O)O)C(C)C. The average Bonchev–Trinajstić information content (AvgIpc) is 2.73. The van der Waals surface area contributed by atoms with E-state index < -0.39 is 12.0 Å². The highest BCUT2D eigenvalue weighted by Gasteiger charge is 2.36. The zero-order chi connectivity index (χ0) is 13.0. The van der Waals surface area contributed by atoms with Gasteiger partial charge in [-0.3, -0.25) is 0 Å². The minimum atomic E-state index is -0.918. The number of carboxylic acid groups (broad SMARTS) is 1. The van der Waals surface area contributed by atoms with E-state index in [2.05, 4.69) is 6.58 Å². The van der Waals surface area contributed by atoms with Crippen molar-refractivity contribution in [2.45, 2.75) is 38.8 Å². The number of aliphatic carboxylic acids is 1. The summed E-state index contributed by atoms with van der Waals surface area (Å²) in [6, 6.07) is -0.839. The van der Waals surface area contributed by atoms with Gasteiger partial charge in [0.1, 0.15) is 6.04 Å². The van der Waals surface area contributed by atoms with Crippen molar-refractivity contribution in [2.24, 2.45) is 0 Å². The maximum Gasteiger partial charge on any atom is 0.326 e. The van der Waals surface area contributed by atoms with E-state index in [1.165, 1.54) is 4.90 Å². The van der Waals surface area contributed by atoms with Crippen molar-refractivity contribution in [1.82, 2.24) is 9.80 Å². The second-order valence-corrected chi connectivity index (χ2v) is 4.51. The predicted octanol–water partition coefficient (Wildman–Crippen LogP) is 1.55. The van der Waals surface area contributed by atoms with Gasteiger partial charge in [0.2, 0.25) is 0 Å². The third-order valence-corrected chi connectivity index (χ3v) is 2.98. The molecular formula is C12H20N2O3. The first-order chi connectivity index (χ1) is 7.99. The van der Waals surface area contributed by atoms with Gasteiger partial charge in [0.05, 0.1) is 0 Å². The highest BCUT2D eigenvalue weighted by Crippen LogP contribution is 2.20. The number of carbonyl (C=O) groups excluding carboxylic acids is 1. The Morgan fingerprint density at radius 3 is 2.71 bits per heavy atom. The molecular weight excluding hydrogens is 220 g/mol. The first-order valence-corrected chi connectivity index (χ1v) is 5.90. The van der Waals surface area contributed by atoms with Crippen LogP contribution >= 0.6 is 0 Å². The van der Waals surface area contributed by atoms with Crippen molar-refractivity contribution in [3.63, 3.8) is 0 Å². The molecule has 1 atom stereocenters. The molecule has 0 aromatic rings. The minimum Gasteiger partial charge on any atom is -0.480 e. The first-order valence-electron chi connectivity index (χ1n) is 5.90.